The fourth-order valence-electron chi connectivity index (χ4n) is 3.75. The molecule has 2 rings (SSSR count). The van der Waals surface area contributed by atoms with E-state index >= 15 is 0 Å². The standard InChI is InChI=1S/C18H25NO6/c1-11-8-14(20)17(18(24)19(11)10-15(21)22)13(9-16(23)25-2)12-6-4-3-5-7-12/h8,12-13,20H,3-7,9-10H2,1-2H3,(H,21,22)/t13-/m1/s1. The van der Waals surface area contributed by atoms with E-state index in [9.17, 15) is 19.5 Å². The first kappa shape index (κ1) is 19.0. The number of aromatic hydroxyl groups is 1. The molecule has 0 bridgehead atoms. The number of esters is 1. The van der Waals surface area contributed by atoms with Crippen LogP contribution in [0.4, 0.5) is 0 Å². The highest BCUT2D eigenvalue weighted by molar-refractivity contribution is 5.70. The SMILES string of the molecule is COC(=O)C[C@@H](c1c(O)cc(C)n(CC(=O)O)c1=O)C1CCCCC1. The van der Waals surface area contributed by atoms with Crippen LogP contribution < -0.4 is 5.56 Å². The summed E-state index contributed by atoms with van der Waals surface area (Å²) in [6.45, 7) is 1.09. The van der Waals surface area contributed by atoms with Crippen LogP contribution >= 0.6 is 0 Å². The third-order valence-corrected chi connectivity index (χ3v) is 5.02. The quantitative estimate of drug-likeness (QED) is 0.761. The molecule has 1 aliphatic carbocycles. The van der Waals surface area contributed by atoms with Gasteiger partial charge >= 0.3 is 11.9 Å². The molecule has 7 nitrogen and oxygen atoms in total. The van der Waals surface area contributed by atoms with Gasteiger partial charge in [-0.25, -0.2) is 0 Å². The Morgan fingerprint density at radius 3 is 2.52 bits per heavy atom. The molecule has 1 aromatic heterocycles. The number of carbonyl (C=O) groups is 2. The molecular formula is C18H25NO6. The van der Waals surface area contributed by atoms with Gasteiger partial charge in [0.1, 0.15) is 12.3 Å². The Morgan fingerprint density at radius 2 is 1.96 bits per heavy atom. The van der Waals surface area contributed by atoms with E-state index in [1.165, 1.54) is 13.2 Å². The number of aromatic nitrogens is 1. The summed E-state index contributed by atoms with van der Waals surface area (Å²) in [6, 6.07) is 1.40. The molecule has 1 aromatic rings. The average molecular weight is 351 g/mol. The van der Waals surface area contributed by atoms with Crippen molar-refractivity contribution in [1.82, 2.24) is 4.57 Å². The van der Waals surface area contributed by atoms with E-state index in [2.05, 4.69) is 0 Å². The number of carboxylic acids is 1. The Labute approximate surface area is 146 Å². The van der Waals surface area contributed by atoms with E-state index in [4.69, 9.17) is 9.84 Å². The molecule has 2 N–H and O–H groups in total. The van der Waals surface area contributed by atoms with E-state index in [1.54, 1.807) is 6.92 Å². The van der Waals surface area contributed by atoms with Gasteiger partial charge in [-0.2, -0.15) is 0 Å². The van der Waals surface area contributed by atoms with Crippen LogP contribution in [0.5, 0.6) is 5.75 Å². The molecule has 1 heterocycles. The van der Waals surface area contributed by atoms with Crippen molar-refractivity contribution in [2.75, 3.05) is 7.11 Å². The smallest absolute Gasteiger partial charge is 0.323 e. The maximum absolute atomic E-state index is 12.9. The lowest BCUT2D eigenvalue weighted by molar-refractivity contribution is -0.141. The minimum absolute atomic E-state index is 0.0000983. The number of ether oxygens (including phenoxy) is 1. The largest absolute Gasteiger partial charge is 0.507 e. The second-order valence-electron chi connectivity index (χ2n) is 6.65. The number of rotatable bonds is 6. The number of carbonyl (C=O) groups excluding carboxylic acids is 1. The molecule has 1 saturated carbocycles. The lowest BCUT2D eigenvalue weighted by Crippen LogP contribution is -2.33. The number of nitrogens with zero attached hydrogens (tertiary/aromatic N) is 1. The van der Waals surface area contributed by atoms with Crippen molar-refractivity contribution < 1.29 is 24.5 Å². The fourth-order valence-corrected chi connectivity index (χ4v) is 3.75. The van der Waals surface area contributed by atoms with Crippen LogP contribution in [0.25, 0.3) is 0 Å². The molecular weight excluding hydrogens is 326 g/mol. The van der Waals surface area contributed by atoms with Crippen LogP contribution in [0.15, 0.2) is 10.9 Å². The summed E-state index contributed by atoms with van der Waals surface area (Å²) in [7, 11) is 1.29. The maximum atomic E-state index is 12.9. The lowest BCUT2D eigenvalue weighted by atomic mass is 9.75. The van der Waals surface area contributed by atoms with Crippen molar-refractivity contribution in [1.29, 1.82) is 0 Å². The highest BCUT2D eigenvalue weighted by Gasteiger charge is 2.32. The molecule has 7 heteroatoms. The van der Waals surface area contributed by atoms with Crippen LogP contribution in [-0.4, -0.2) is 33.8 Å². The Hall–Kier alpha value is -2.31. The highest BCUT2D eigenvalue weighted by Crippen LogP contribution is 2.40. The predicted octanol–water partition coefficient (Wildman–Crippen LogP) is 2.17. The zero-order valence-electron chi connectivity index (χ0n) is 14.7. The van der Waals surface area contributed by atoms with E-state index in [0.29, 0.717) is 5.69 Å². The van der Waals surface area contributed by atoms with Crippen LogP contribution in [0.1, 0.15) is 55.7 Å². The van der Waals surface area contributed by atoms with Gasteiger partial charge in [0, 0.05) is 11.6 Å². The fraction of sp³-hybridized carbons (Fsp3) is 0.611. The molecule has 0 aromatic carbocycles. The second kappa shape index (κ2) is 8.18. The van der Waals surface area contributed by atoms with Gasteiger partial charge < -0.3 is 19.5 Å². The molecule has 138 valence electrons. The van der Waals surface area contributed by atoms with E-state index < -0.39 is 30.0 Å². The summed E-state index contributed by atoms with van der Waals surface area (Å²) in [6.07, 6.45) is 4.88. The molecule has 1 atom stereocenters. The Balaban J connectivity index is 2.52. The first-order valence-electron chi connectivity index (χ1n) is 8.57. The number of hydrogen-bond acceptors (Lipinski definition) is 5. The minimum atomic E-state index is -1.14. The van der Waals surface area contributed by atoms with Crippen molar-refractivity contribution in [2.24, 2.45) is 5.92 Å². The summed E-state index contributed by atoms with van der Waals surface area (Å²) >= 11 is 0. The summed E-state index contributed by atoms with van der Waals surface area (Å²) in [5.41, 5.74) is -0.0439. The number of methoxy groups -OCH3 is 1. The summed E-state index contributed by atoms with van der Waals surface area (Å²) in [5.74, 6) is -2.14. The Bertz CT molecular complexity index is 702. The molecule has 0 amide bonds. The van der Waals surface area contributed by atoms with E-state index in [-0.39, 0.29) is 23.7 Å². The van der Waals surface area contributed by atoms with Gasteiger partial charge in [0.25, 0.3) is 5.56 Å². The molecule has 1 aliphatic rings. The van der Waals surface area contributed by atoms with Crippen LogP contribution in [0.2, 0.25) is 0 Å². The number of hydrogen-bond donors (Lipinski definition) is 2. The second-order valence-corrected chi connectivity index (χ2v) is 6.65. The third-order valence-electron chi connectivity index (χ3n) is 5.02. The van der Waals surface area contributed by atoms with Crippen molar-refractivity contribution in [2.45, 2.75) is 57.9 Å². The van der Waals surface area contributed by atoms with Gasteiger partial charge in [-0.15, -0.1) is 0 Å². The highest BCUT2D eigenvalue weighted by atomic mass is 16.5. The van der Waals surface area contributed by atoms with Crippen molar-refractivity contribution >= 4 is 11.9 Å². The topological polar surface area (TPSA) is 106 Å². The molecule has 25 heavy (non-hydrogen) atoms. The number of carboxylic acid groups (broad SMARTS) is 1. The monoisotopic (exact) mass is 351 g/mol. The van der Waals surface area contributed by atoms with Crippen LogP contribution in [-0.2, 0) is 20.9 Å². The van der Waals surface area contributed by atoms with Crippen molar-refractivity contribution in [3.8, 4) is 5.75 Å². The lowest BCUT2D eigenvalue weighted by Gasteiger charge is -2.30. The number of aliphatic carboxylic acids is 1. The zero-order chi connectivity index (χ0) is 18.6. The Kier molecular flexibility index (Phi) is 6.22. The van der Waals surface area contributed by atoms with Gasteiger partial charge in [-0.05, 0) is 31.7 Å². The van der Waals surface area contributed by atoms with Gasteiger partial charge in [0.05, 0.1) is 19.1 Å². The molecule has 0 radical (unpaired) electrons. The normalized spacial score (nSPS) is 16.4. The van der Waals surface area contributed by atoms with Gasteiger partial charge in [0.2, 0.25) is 0 Å². The van der Waals surface area contributed by atoms with Gasteiger partial charge in [-0.1, -0.05) is 19.3 Å². The minimum Gasteiger partial charge on any atom is -0.507 e. The van der Waals surface area contributed by atoms with E-state index in [0.717, 1.165) is 36.7 Å². The zero-order valence-corrected chi connectivity index (χ0v) is 14.7. The number of pyridine rings is 1. The summed E-state index contributed by atoms with van der Waals surface area (Å²) in [4.78, 5) is 35.8. The first-order chi connectivity index (χ1) is 11.8. The predicted molar refractivity (Wildman–Crippen MR) is 90.7 cm³/mol. The first-order valence-corrected chi connectivity index (χ1v) is 8.57. The van der Waals surface area contributed by atoms with Crippen LogP contribution in [0.3, 0.4) is 0 Å². The third kappa shape index (κ3) is 4.41. The Morgan fingerprint density at radius 1 is 1.32 bits per heavy atom. The summed E-state index contributed by atoms with van der Waals surface area (Å²) in [5, 5.41) is 19.5. The molecule has 0 saturated heterocycles. The molecule has 0 spiro atoms. The summed E-state index contributed by atoms with van der Waals surface area (Å²) < 4.78 is 5.90. The molecule has 0 unspecified atom stereocenters. The van der Waals surface area contributed by atoms with Crippen LogP contribution in [0, 0.1) is 12.8 Å². The van der Waals surface area contributed by atoms with Gasteiger partial charge in [-0.3, -0.25) is 14.4 Å². The molecule has 0 aliphatic heterocycles. The van der Waals surface area contributed by atoms with Crippen molar-refractivity contribution in [3.05, 3.63) is 27.7 Å². The van der Waals surface area contributed by atoms with E-state index in [1.807, 2.05) is 0 Å². The maximum Gasteiger partial charge on any atom is 0.323 e. The number of aryl methyl sites for hydroxylation is 1. The van der Waals surface area contributed by atoms with Gasteiger partial charge in [0.15, 0.2) is 0 Å². The van der Waals surface area contributed by atoms with Crippen molar-refractivity contribution in [3.63, 3.8) is 0 Å². The molecule has 1 fully saturated rings. The average Bonchev–Trinajstić information content (AvgIpc) is 2.58.